The Kier molecular flexibility index (Phi) is 3.31. The van der Waals surface area contributed by atoms with E-state index in [9.17, 15) is 0 Å². The van der Waals surface area contributed by atoms with Crippen LogP contribution in [0.15, 0.2) is 23.2 Å². The molecule has 2 aliphatic rings. The summed E-state index contributed by atoms with van der Waals surface area (Å²) >= 11 is 0. The molecule has 2 heterocycles. The molecule has 3 rings (SSSR count). The molecule has 0 unspecified atom stereocenters. The van der Waals surface area contributed by atoms with Crippen LogP contribution < -0.4 is 19.5 Å². The highest BCUT2D eigenvalue weighted by molar-refractivity contribution is 5.81. The van der Waals surface area contributed by atoms with E-state index in [0.717, 1.165) is 42.8 Å². The summed E-state index contributed by atoms with van der Waals surface area (Å²) < 4.78 is 16.2. The van der Waals surface area contributed by atoms with E-state index < -0.39 is 0 Å². The molecule has 0 aromatic heterocycles. The third-order valence-corrected chi connectivity index (χ3v) is 3.06. The van der Waals surface area contributed by atoms with Crippen LogP contribution in [0.5, 0.6) is 17.2 Å². The average Bonchev–Trinajstić information content (AvgIpc) is 3.03. The van der Waals surface area contributed by atoms with Crippen molar-refractivity contribution in [1.29, 1.82) is 0 Å². The zero-order valence-electron chi connectivity index (χ0n) is 10.9. The van der Waals surface area contributed by atoms with Gasteiger partial charge in [0.1, 0.15) is 12.4 Å². The number of nitrogens with zero attached hydrogens (tertiary/aromatic N) is 2. The Morgan fingerprint density at radius 2 is 2.26 bits per heavy atom. The average molecular weight is 263 g/mol. The zero-order chi connectivity index (χ0) is 13.1. The van der Waals surface area contributed by atoms with Crippen molar-refractivity contribution < 1.29 is 14.2 Å². The van der Waals surface area contributed by atoms with Gasteiger partial charge in [-0.1, -0.05) is 0 Å². The number of likely N-dealkylation sites (N-methyl/N-ethyl adjacent to an activating group) is 1. The molecule has 0 amide bonds. The fourth-order valence-electron chi connectivity index (χ4n) is 2.02. The Hall–Kier alpha value is -2.11. The first-order valence-corrected chi connectivity index (χ1v) is 6.35. The molecule has 1 aromatic rings. The second-order valence-corrected chi connectivity index (χ2v) is 4.42. The number of benzene rings is 1. The first-order valence-electron chi connectivity index (χ1n) is 6.35. The molecule has 102 valence electrons. The molecule has 6 nitrogen and oxygen atoms in total. The van der Waals surface area contributed by atoms with E-state index in [2.05, 4.69) is 15.2 Å². The van der Waals surface area contributed by atoms with Gasteiger partial charge in [-0.3, -0.25) is 4.99 Å². The Morgan fingerprint density at radius 3 is 3.11 bits per heavy atom. The standard InChI is InChI=1S/C13H17N3O3/c1-16-6-4-14-13(16)15-5-7-17-10-2-3-11-12(8-10)19-9-18-11/h2-3,8H,4-7,9H2,1H3,(H,14,15). The van der Waals surface area contributed by atoms with Crippen LogP contribution >= 0.6 is 0 Å². The smallest absolute Gasteiger partial charge is 0.231 e. The molecule has 19 heavy (non-hydrogen) atoms. The van der Waals surface area contributed by atoms with Crippen molar-refractivity contribution in [3.8, 4) is 17.2 Å². The van der Waals surface area contributed by atoms with E-state index in [4.69, 9.17) is 14.2 Å². The maximum atomic E-state index is 5.65. The zero-order valence-corrected chi connectivity index (χ0v) is 10.9. The Morgan fingerprint density at radius 1 is 1.37 bits per heavy atom. The van der Waals surface area contributed by atoms with Gasteiger partial charge in [0.05, 0.1) is 13.1 Å². The fourth-order valence-corrected chi connectivity index (χ4v) is 2.02. The topological polar surface area (TPSA) is 55.3 Å². The van der Waals surface area contributed by atoms with E-state index in [-0.39, 0.29) is 6.79 Å². The number of hydrogen-bond donors (Lipinski definition) is 1. The molecule has 0 saturated carbocycles. The molecule has 0 saturated heterocycles. The van der Waals surface area contributed by atoms with Crippen LogP contribution in [0.4, 0.5) is 0 Å². The molecular formula is C13H17N3O3. The van der Waals surface area contributed by atoms with Crippen LogP contribution in [0.3, 0.4) is 0 Å². The molecule has 6 heteroatoms. The summed E-state index contributed by atoms with van der Waals surface area (Å²) in [6.07, 6.45) is 0. The Labute approximate surface area is 112 Å². The van der Waals surface area contributed by atoms with Crippen molar-refractivity contribution in [2.75, 3.05) is 40.1 Å². The summed E-state index contributed by atoms with van der Waals surface area (Å²) in [5.41, 5.74) is 0. The minimum atomic E-state index is 0.284. The molecule has 0 spiro atoms. The molecule has 2 aliphatic heterocycles. The van der Waals surface area contributed by atoms with Gasteiger partial charge in [-0.05, 0) is 12.1 Å². The molecule has 0 aliphatic carbocycles. The number of nitrogens with one attached hydrogen (secondary N) is 1. The fraction of sp³-hybridized carbons (Fsp3) is 0.462. The van der Waals surface area contributed by atoms with Crippen molar-refractivity contribution in [2.24, 2.45) is 4.99 Å². The van der Waals surface area contributed by atoms with Crippen LogP contribution in [0, 0.1) is 0 Å². The largest absolute Gasteiger partial charge is 0.492 e. The molecule has 0 bridgehead atoms. The van der Waals surface area contributed by atoms with Gasteiger partial charge in [0.15, 0.2) is 17.5 Å². The number of guanidine groups is 1. The quantitative estimate of drug-likeness (QED) is 0.810. The van der Waals surface area contributed by atoms with Crippen LogP contribution in [0.1, 0.15) is 0 Å². The summed E-state index contributed by atoms with van der Waals surface area (Å²) in [6.45, 7) is 3.42. The SMILES string of the molecule is CN1CCN=C1NCCOc1ccc2c(c1)OCO2. The van der Waals surface area contributed by atoms with Crippen molar-refractivity contribution in [3.63, 3.8) is 0 Å². The molecular weight excluding hydrogens is 246 g/mol. The lowest BCUT2D eigenvalue weighted by molar-refractivity contribution is 0.173. The van der Waals surface area contributed by atoms with Crippen LogP contribution in [0.2, 0.25) is 0 Å². The summed E-state index contributed by atoms with van der Waals surface area (Å²) in [5, 5.41) is 3.25. The summed E-state index contributed by atoms with van der Waals surface area (Å²) in [6, 6.07) is 5.59. The lowest BCUT2D eigenvalue weighted by atomic mass is 10.3. The van der Waals surface area contributed by atoms with Gasteiger partial charge in [-0.25, -0.2) is 0 Å². The second-order valence-electron chi connectivity index (χ2n) is 4.42. The van der Waals surface area contributed by atoms with Gasteiger partial charge in [0, 0.05) is 19.7 Å². The monoisotopic (exact) mass is 263 g/mol. The second kappa shape index (κ2) is 5.26. The molecule has 0 radical (unpaired) electrons. The minimum Gasteiger partial charge on any atom is -0.492 e. The number of hydrogen-bond acceptors (Lipinski definition) is 6. The first-order chi connectivity index (χ1) is 9.33. The van der Waals surface area contributed by atoms with Gasteiger partial charge in [0.2, 0.25) is 6.79 Å². The highest BCUT2D eigenvalue weighted by Gasteiger charge is 2.14. The third-order valence-electron chi connectivity index (χ3n) is 3.06. The number of rotatable bonds is 4. The maximum Gasteiger partial charge on any atom is 0.231 e. The molecule has 0 fully saturated rings. The van der Waals surface area contributed by atoms with E-state index in [1.54, 1.807) is 0 Å². The van der Waals surface area contributed by atoms with E-state index >= 15 is 0 Å². The van der Waals surface area contributed by atoms with Crippen LogP contribution in [0.25, 0.3) is 0 Å². The van der Waals surface area contributed by atoms with E-state index in [0.29, 0.717) is 6.61 Å². The Bertz CT molecular complexity index is 490. The van der Waals surface area contributed by atoms with Crippen molar-refractivity contribution in [1.82, 2.24) is 10.2 Å². The number of ether oxygens (including phenoxy) is 3. The summed E-state index contributed by atoms with van der Waals surface area (Å²) in [5.74, 6) is 3.24. The predicted molar refractivity (Wildman–Crippen MR) is 71.0 cm³/mol. The van der Waals surface area contributed by atoms with Gasteiger partial charge in [0.25, 0.3) is 0 Å². The highest BCUT2D eigenvalue weighted by atomic mass is 16.7. The van der Waals surface area contributed by atoms with Crippen molar-refractivity contribution in [3.05, 3.63) is 18.2 Å². The number of fused-ring (bicyclic) bond motifs is 1. The van der Waals surface area contributed by atoms with Gasteiger partial charge >= 0.3 is 0 Å². The van der Waals surface area contributed by atoms with E-state index in [1.165, 1.54) is 0 Å². The van der Waals surface area contributed by atoms with Crippen molar-refractivity contribution in [2.45, 2.75) is 0 Å². The van der Waals surface area contributed by atoms with Gasteiger partial charge in [-0.2, -0.15) is 0 Å². The van der Waals surface area contributed by atoms with Gasteiger partial charge < -0.3 is 24.4 Å². The highest BCUT2D eigenvalue weighted by Crippen LogP contribution is 2.34. The summed E-state index contributed by atoms with van der Waals surface area (Å²) in [4.78, 5) is 6.45. The lowest BCUT2D eigenvalue weighted by Gasteiger charge is -2.15. The third kappa shape index (κ3) is 2.67. The minimum absolute atomic E-state index is 0.284. The first kappa shape index (κ1) is 12.0. The van der Waals surface area contributed by atoms with Crippen LogP contribution in [-0.2, 0) is 0 Å². The molecule has 1 N–H and O–H groups in total. The molecule has 0 atom stereocenters. The van der Waals surface area contributed by atoms with Gasteiger partial charge in [-0.15, -0.1) is 0 Å². The Balaban J connectivity index is 1.45. The number of aliphatic imine (C=N–C) groups is 1. The van der Waals surface area contributed by atoms with Crippen molar-refractivity contribution >= 4 is 5.96 Å². The maximum absolute atomic E-state index is 5.65. The predicted octanol–water partition coefficient (Wildman–Crippen LogP) is 0.685. The lowest BCUT2D eigenvalue weighted by Crippen LogP contribution is -2.37. The van der Waals surface area contributed by atoms with Crippen LogP contribution in [-0.4, -0.2) is 50.9 Å². The summed E-state index contributed by atoms with van der Waals surface area (Å²) in [7, 11) is 2.03. The van der Waals surface area contributed by atoms with E-state index in [1.807, 2.05) is 25.2 Å². The normalized spacial score (nSPS) is 16.5. The molecule has 1 aromatic carbocycles.